The van der Waals surface area contributed by atoms with E-state index >= 15 is 0 Å². The lowest BCUT2D eigenvalue weighted by atomic mass is 10.1. The molecule has 0 heterocycles. The van der Waals surface area contributed by atoms with Gasteiger partial charge in [-0.05, 0) is 49.7 Å². The second kappa shape index (κ2) is 6.78. The third-order valence-electron chi connectivity index (χ3n) is 3.72. The summed E-state index contributed by atoms with van der Waals surface area (Å²) >= 11 is 6.26. The molecule has 20 heavy (non-hydrogen) atoms. The lowest BCUT2D eigenvalue weighted by Gasteiger charge is -2.25. The Hall–Kier alpha value is -1.51. The van der Waals surface area contributed by atoms with Crippen LogP contribution in [0.25, 0.3) is 0 Å². The van der Waals surface area contributed by atoms with Crippen LogP contribution in [0.3, 0.4) is 0 Å². The first-order chi connectivity index (χ1) is 9.58. The highest BCUT2D eigenvalue weighted by atomic mass is 35.5. The van der Waals surface area contributed by atoms with Gasteiger partial charge in [0.25, 0.3) is 0 Å². The summed E-state index contributed by atoms with van der Waals surface area (Å²) in [4.78, 5) is 2.31. The van der Waals surface area contributed by atoms with Crippen molar-refractivity contribution in [3.8, 4) is 0 Å². The second-order valence-corrected chi connectivity index (χ2v) is 5.58. The minimum absolute atomic E-state index is 0.296. The Morgan fingerprint density at radius 2 is 1.90 bits per heavy atom. The van der Waals surface area contributed by atoms with Crippen LogP contribution in [0.1, 0.15) is 24.1 Å². The fraction of sp³-hybridized carbons (Fsp3) is 0.294. The number of nitrogens with zero attached hydrogens (tertiary/aromatic N) is 1. The van der Waals surface area contributed by atoms with Gasteiger partial charge in [0.05, 0.1) is 0 Å². The Bertz CT molecular complexity index is 568. The Morgan fingerprint density at radius 1 is 1.15 bits per heavy atom. The van der Waals surface area contributed by atoms with Crippen LogP contribution in [-0.4, -0.2) is 18.5 Å². The van der Waals surface area contributed by atoms with E-state index in [2.05, 4.69) is 31.0 Å². The number of nitrogens with two attached hydrogens (primary N) is 1. The molecule has 0 radical (unpaired) electrons. The third-order valence-corrected chi connectivity index (χ3v) is 4.06. The van der Waals surface area contributed by atoms with Crippen LogP contribution < -0.4 is 5.73 Å². The third kappa shape index (κ3) is 3.75. The summed E-state index contributed by atoms with van der Waals surface area (Å²) in [5, 5.41) is 0.829. The molecule has 106 valence electrons. The van der Waals surface area contributed by atoms with Crippen LogP contribution in [0.15, 0.2) is 48.5 Å². The minimum atomic E-state index is 0.296. The maximum absolute atomic E-state index is 6.26. The van der Waals surface area contributed by atoms with E-state index in [0.29, 0.717) is 6.04 Å². The van der Waals surface area contributed by atoms with Crippen molar-refractivity contribution in [2.45, 2.75) is 19.4 Å². The molecule has 2 aromatic rings. The van der Waals surface area contributed by atoms with Crippen molar-refractivity contribution in [2.75, 3.05) is 19.3 Å². The van der Waals surface area contributed by atoms with E-state index in [1.54, 1.807) is 0 Å². The Kier molecular flexibility index (Phi) is 5.05. The molecule has 0 amide bonds. The molecule has 0 spiro atoms. The number of anilines is 1. The number of hydrogen-bond donors (Lipinski definition) is 1. The molecule has 0 aliphatic rings. The van der Waals surface area contributed by atoms with Gasteiger partial charge in [-0.25, -0.2) is 0 Å². The molecule has 0 aromatic heterocycles. The topological polar surface area (TPSA) is 29.3 Å². The van der Waals surface area contributed by atoms with Gasteiger partial charge >= 0.3 is 0 Å². The lowest BCUT2D eigenvalue weighted by molar-refractivity contribution is 0.265. The summed E-state index contributed by atoms with van der Waals surface area (Å²) in [6, 6.07) is 16.4. The first-order valence-electron chi connectivity index (χ1n) is 6.87. The molecular formula is C17H21ClN2. The number of benzene rings is 2. The van der Waals surface area contributed by atoms with Crippen molar-refractivity contribution in [1.29, 1.82) is 0 Å². The SMILES string of the molecule is CC(c1ccccc1Cl)N(C)CCc1cccc(N)c1. The largest absolute Gasteiger partial charge is 0.399 e. The zero-order valence-corrected chi connectivity index (χ0v) is 12.8. The van der Waals surface area contributed by atoms with E-state index in [9.17, 15) is 0 Å². The quantitative estimate of drug-likeness (QED) is 0.837. The molecule has 2 N–H and O–H groups in total. The number of halogens is 1. The van der Waals surface area contributed by atoms with Crippen molar-refractivity contribution in [1.82, 2.24) is 4.90 Å². The molecule has 0 fully saturated rings. The van der Waals surface area contributed by atoms with Crippen LogP contribution in [0, 0.1) is 0 Å². The van der Waals surface area contributed by atoms with Gasteiger partial charge in [-0.15, -0.1) is 0 Å². The van der Waals surface area contributed by atoms with Gasteiger partial charge in [-0.3, -0.25) is 4.90 Å². The van der Waals surface area contributed by atoms with Gasteiger partial charge in [0.2, 0.25) is 0 Å². The zero-order valence-electron chi connectivity index (χ0n) is 12.0. The maximum atomic E-state index is 6.26. The van der Waals surface area contributed by atoms with E-state index in [1.165, 1.54) is 11.1 Å². The Labute approximate surface area is 126 Å². The zero-order chi connectivity index (χ0) is 14.5. The molecular weight excluding hydrogens is 268 g/mol. The standard InChI is InChI=1S/C17H21ClN2/c1-13(16-8-3-4-9-17(16)18)20(2)11-10-14-6-5-7-15(19)12-14/h3-9,12-13H,10-11,19H2,1-2H3. The van der Waals surface area contributed by atoms with Crippen molar-refractivity contribution >= 4 is 17.3 Å². The maximum Gasteiger partial charge on any atom is 0.0453 e. The monoisotopic (exact) mass is 288 g/mol. The predicted octanol–water partition coefficient (Wildman–Crippen LogP) is 4.16. The molecule has 0 bridgehead atoms. The van der Waals surface area contributed by atoms with Crippen LogP contribution in [0.4, 0.5) is 5.69 Å². The van der Waals surface area contributed by atoms with Crippen molar-refractivity contribution in [2.24, 2.45) is 0 Å². The molecule has 3 heteroatoms. The summed E-state index contributed by atoms with van der Waals surface area (Å²) in [5.41, 5.74) is 9.07. The summed E-state index contributed by atoms with van der Waals surface area (Å²) in [5.74, 6) is 0. The van der Waals surface area contributed by atoms with Gasteiger partial charge < -0.3 is 5.73 Å². The number of rotatable bonds is 5. The molecule has 0 aliphatic carbocycles. The van der Waals surface area contributed by atoms with E-state index in [1.807, 2.05) is 36.4 Å². The Morgan fingerprint density at radius 3 is 2.60 bits per heavy atom. The van der Waals surface area contributed by atoms with Crippen molar-refractivity contribution < 1.29 is 0 Å². The fourth-order valence-corrected chi connectivity index (χ4v) is 2.59. The molecule has 2 nitrogen and oxygen atoms in total. The summed E-state index contributed by atoms with van der Waals surface area (Å²) in [6.07, 6.45) is 0.982. The van der Waals surface area contributed by atoms with Gasteiger partial charge in [0.15, 0.2) is 0 Å². The predicted molar refractivity (Wildman–Crippen MR) is 87.1 cm³/mol. The summed E-state index contributed by atoms with van der Waals surface area (Å²) in [7, 11) is 2.13. The van der Waals surface area contributed by atoms with Crippen LogP contribution in [0.2, 0.25) is 5.02 Å². The van der Waals surface area contributed by atoms with E-state index in [0.717, 1.165) is 23.7 Å². The molecule has 0 saturated heterocycles. The number of hydrogen-bond acceptors (Lipinski definition) is 2. The van der Waals surface area contributed by atoms with Crippen LogP contribution >= 0.6 is 11.6 Å². The highest BCUT2D eigenvalue weighted by molar-refractivity contribution is 6.31. The number of likely N-dealkylation sites (N-methyl/N-ethyl adjacent to an activating group) is 1. The van der Waals surface area contributed by atoms with Crippen molar-refractivity contribution in [3.05, 3.63) is 64.7 Å². The molecule has 1 unspecified atom stereocenters. The smallest absolute Gasteiger partial charge is 0.0453 e. The molecule has 1 atom stereocenters. The minimum Gasteiger partial charge on any atom is -0.399 e. The van der Waals surface area contributed by atoms with E-state index < -0.39 is 0 Å². The summed E-state index contributed by atoms with van der Waals surface area (Å²) in [6.45, 7) is 3.15. The first kappa shape index (κ1) is 14.9. The van der Waals surface area contributed by atoms with Gasteiger partial charge in [-0.2, -0.15) is 0 Å². The summed E-state index contributed by atoms with van der Waals surface area (Å²) < 4.78 is 0. The normalized spacial score (nSPS) is 12.6. The average molecular weight is 289 g/mol. The molecule has 0 aliphatic heterocycles. The second-order valence-electron chi connectivity index (χ2n) is 5.17. The van der Waals surface area contributed by atoms with Gasteiger partial charge in [0.1, 0.15) is 0 Å². The first-order valence-corrected chi connectivity index (χ1v) is 7.25. The van der Waals surface area contributed by atoms with E-state index in [-0.39, 0.29) is 0 Å². The highest BCUT2D eigenvalue weighted by Gasteiger charge is 2.13. The fourth-order valence-electron chi connectivity index (χ4n) is 2.30. The number of nitrogen functional groups attached to an aromatic ring is 1. The van der Waals surface area contributed by atoms with Crippen molar-refractivity contribution in [3.63, 3.8) is 0 Å². The van der Waals surface area contributed by atoms with E-state index in [4.69, 9.17) is 17.3 Å². The lowest BCUT2D eigenvalue weighted by Crippen LogP contribution is -2.25. The Balaban J connectivity index is 1.98. The molecule has 2 aromatic carbocycles. The van der Waals surface area contributed by atoms with Crippen LogP contribution in [0.5, 0.6) is 0 Å². The molecule has 2 rings (SSSR count). The van der Waals surface area contributed by atoms with Gasteiger partial charge in [0, 0.05) is 23.3 Å². The van der Waals surface area contributed by atoms with Crippen LogP contribution in [-0.2, 0) is 6.42 Å². The highest BCUT2D eigenvalue weighted by Crippen LogP contribution is 2.26. The average Bonchev–Trinajstić information content (AvgIpc) is 2.44. The molecule has 0 saturated carbocycles. The van der Waals surface area contributed by atoms with Gasteiger partial charge in [-0.1, -0.05) is 41.9 Å².